The zero-order valence-electron chi connectivity index (χ0n) is 9.28. The van der Waals surface area contributed by atoms with Gasteiger partial charge in [-0.15, -0.1) is 12.6 Å². The fraction of sp³-hybridized carbons (Fsp3) is 0.462. The first-order chi connectivity index (χ1) is 7.77. The van der Waals surface area contributed by atoms with Crippen LogP contribution in [0.4, 0.5) is 0 Å². The molecule has 1 saturated carbocycles. The lowest BCUT2D eigenvalue weighted by molar-refractivity contribution is 0.0946. The average Bonchev–Trinajstić information content (AvgIpc) is 2.22. The molecule has 0 unspecified atom stereocenters. The highest BCUT2D eigenvalue weighted by molar-refractivity contribution is 7.80. The number of thiol groups is 1. The van der Waals surface area contributed by atoms with Crippen molar-refractivity contribution in [2.24, 2.45) is 5.92 Å². The van der Waals surface area contributed by atoms with Crippen molar-refractivity contribution in [3.05, 3.63) is 29.8 Å². The largest absolute Gasteiger partial charge is 0.352 e. The lowest BCUT2D eigenvalue weighted by Crippen LogP contribution is -2.27. The van der Waals surface area contributed by atoms with Crippen LogP contribution in [-0.2, 0) is 0 Å². The smallest absolute Gasteiger partial charge is 0.252 e. The van der Waals surface area contributed by atoms with E-state index in [0.717, 1.165) is 23.8 Å². The van der Waals surface area contributed by atoms with Gasteiger partial charge in [-0.2, -0.15) is 0 Å². The van der Waals surface area contributed by atoms with E-state index in [1.807, 2.05) is 18.2 Å². The van der Waals surface area contributed by atoms with Gasteiger partial charge >= 0.3 is 0 Å². The summed E-state index contributed by atoms with van der Waals surface area (Å²) in [6.45, 7) is 0.783. The molecule has 0 atom stereocenters. The van der Waals surface area contributed by atoms with Crippen LogP contribution in [0, 0.1) is 5.92 Å². The van der Waals surface area contributed by atoms with E-state index in [1.54, 1.807) is 6.07 Å². The Bertz CT molecular complexity index is 374. The van der Waals surface area contributed by atoms with Gasteiger partial charge in [0.2, 0.25) is 0 Å². The molecular weight excluding hydrogens is 218 g/mol. The summed E-state index contributed by atoms with van der Waals surface area (Å²) >= 11 is 4.27. The lowest BCUT2D eigenvalue weighted by Gasteiger charge is -2.25. The second-order valence-electron chi connectivity index (χ2n) is 4.36. The molecule has 86 valence electrons. The molecule has 0 aromatic heterocycles. The van der Waals surface area contributed by atoms with Crippen LogP contribution in [0.15, 0.2) is 29.2 Å². The van der Waals surface area contributed by atoms with E-state index < -0.39 is 0 Å². The Balaban J connectivity index is 1.81. The van der Waals surface area contributed by atoms with Gasteiger partial charge in [-0.3, -0.25) is 4.79 Å². The minimum absolute atomic E-state index is 0.00933. The number of hydrogen-bond acceptors (Lipinski definition) is 2. The molecule has 1 aromatic rings. The van der Waals surface area contributed by atoms with E-state index in [4.69, 9.17) is 0 Å². The summed E-state index contributed by atoms with van der Waals surface area (Å²) in [6.07, 6.45) is 5.14. The van der Waals surface area contributed by atoms with E-state index >= 15 is 0 Å². The average molecular weight is 235 g/mol. The van der Waals surface area contributed by atoms with Gasteiger partial charge < -0.3 is 5.32 Å². The summed E-state index contributed by atoms with van der Waals surface area (Å²) in [5, 5.41) is 2.95. The van der Waals surface area contributed by atoms with Gasteiger partial charge in [0, 0.05) is 11.4 Å². The predicted molar refractivity (Wildman–Crippen MR) is 68.0 cm³/mol. The highest BCUT2D eigenvalue weighted by Gasteiger charge is 2.17. The van der Waals surface area contributed by atoms with Crippen molar-refractivity contribution in [2.75, 3.05) is 6.54 Å². The molecule has 0 heterocycles. The monoisotopic (exact) mass is 235 g/mol. The first-order valence-corrected chi connectivity index (χ1v) is 6.28. The van der Waals surface area contributed by atoms with Gasteiger partial charge in [0.1, 0.15) is 0 Å². The second-order valence-corrected chi connectivity index (χ2v) is 4.84. The molecule has 3 heteroatoms. The number of hydrogen-bond donors (Lipinski definition) is 2. The Morgan fingerprint density at radius 1 is 1.38 bits per heavy atom. The van der Waals surface area contributed by atoms with Gasteiger partial charge in [-0.25, -0.2) is 0 Å². The summed E-state index contributed by atoms with van der Waals surface area (Å²) in [7, 11) is 0. The molecule has 0 spiro atoms. The molecule has 1 amide bonds. The fourth-order valence-electron chi connectivity index (χ4n) is 1.93. The quantitative estimate of drug-likeness (QED) is 0.772. The predicted octanol–water partition coefficient (Wildman–Crippen LogP) is 2.90. The molecule has 1 aliphatic rings. The Labute approximate surface area is 102 Å². The second kappa shape index (κ2) is 5.39. The number of rotatable bonds is 4. The summed E-state index contributed by atoms with van der Waals surface area (Å²) in [5.74, 6) is 0.830. The number of nitrogens with one attached hydrogen (secondary N) is 1. The van der Waals surface area contributed by atoms with Crippen molar-refractivity contribution >= 4 is 18.5 Å². The molecule has 2 rings (SSSR count). The minimum Gasteiger partial charge on any atom is -0.352 e. The highest BCUT2D eigenvalue weighted by Crippen LogP contribution is 2.28. The lowest BCUT2D eigenvalue weighted by atomic mass is 9.83. The third-order valence-electron chi connectivity index (χ3n) is 3.21. The Morgan fingerprint density at radius 2 is 2.12 bits per heavy atom. The zero-order valence-corrected chi connectivity index (χ0v) is 10.2. The van der Waals surface area contributed by atoms with E-state index in [2.05, 4.69) is 17.9 Å². The molecule has 2 nitrogen and oxygen atoms in total. The third-order valence-corrected chi connectivity index (χ3v) is 3.60. The molecule has 16 heavy (non-hydrogen) atoms. The molecule has 1 fully saturated rings. The van der Waals surface area contributed by atoms with Crippen molar-refractivity contribution < 1.29 is 4.79 Å². The topological polar surface area (TPSA) is 29.1 Å². The fourth-order valence-corrected chi connectivity index (χ4v) is 2.19. The standard InChI is InChI=1S/C13H17NOS/c15-13(11-6-1-2-7-12(11)16)14-9-8-10-4-3-5-10/h1-2,6-7,10,16H,3-5,8-9H2,(H,14,15). The van der Waals surface area contributed by atoms with Gasteiger partial charge in [-0.1, -0.05) is 31.4 Å². The number of carbonyl (C=O) groups excluding carboxylic acids is 1. The number of benzene rings is 1. The van der Waals surface area contributed by atoms with Crippen molar-refractivity contribution in [3.8, 4) is 0 Å². The number of carbonyl (C=O) groups is 1. The molecule has 1 N–H and O–H groups in total. The molecule has 1 aromatic carbocycles. The summed E-state index contributed by atoms with van der Waals surface area (Å²) in [4.78, 5) is 12.5. The SMILES string of the molecule is O=C(NCCC1CCC1)c1ccccc1S. The summed E-state index contributed by atoms with van der Waals surface area (Å²) < 4.78 is 0. The van der Waals surface area contributed by atoms with Crippen molar-refractivity contribution in [1.82, 2.24) is 5.32 Å². The third kappa shape index (κ3) is 2.79. The molecule has 0 radical (unpaired) electrons. The molecule has 0 aliphatic heterocycles. The summed E-state index contributed by atoms with van der Waals surface area (Å²) in [5.41, 5.74) is 0.666. The Morgan fingerprint density at radius 3 is 2.75 bits per heavy atom. The van der Waals surface area contributed by atoms with Crippen LogP contribution in [0.2, 0.25) is 0 Å². The van der Waals surface area contributed by atoms with Crippen LogP contribution in [0.5, 0.6) is 0 Å². The van der Waals surface area contributed by atoms with Gasteiger partial charge in [0.05, 0.1) is 5.56 Å². The van der Waals surface area contributed by atoms with Gasteiger partial charge in [-0.05, 0) is 24.5 Å². The van der Waals surface area contributed by atoms with Crippen LogP contribution in [0.1, 0.15) is 36.0 Å². The maximum Gasteiger partial charge on any atom is 0.252 e. The van der Waals surface area contributed by atoms with Gasteiger partial charge in [0.25, 0.3) is 5.91 Å². The Hall–Kier alpha value is -0.960. The van der Waals surface area contributed by atoms with E-state index in [0.29, 0.717) is 5.56 Å². The maximum atomic E-state index is 11.8. The zero-order chi connectivity index (χ0) is 11.4. The van der Waals surface area contributed by atoms with Crippen LogP contribution >= 0.6 is 12.6 Å². The maximum absolute atomic E-state index is 11.8. The number of amides is 1. The van der Waals surface area contributed by atoms with E-state index in [1.165, 1.54) is 19.3 Å². The van der Waals surface area contributed by atoms with Crippen LogP contribution < -0.4 is 5.32 Å². The summed E-state index contributed by atoms with van der Waals surface area (Å²) in [6, 6.07) is 7.39. The minimum atomic E-state index is -0.00933. The van der Waals surface area contributed by atoms with Crippen LogP contribution in [0.3, 0.4) is 0 Å². The van der Waals surface area contributed by atoms with Crippen molar-refractivity contribution in [2.45, 2.75) is 30.6 Å². The van der Waals surface area contributed by atoms with Crippen LogP contribution in [-0.4, -0.2) is 12.5 Å². The molecular formula is C13H17NOS. The molecule has 0 bridgehead atoms. The van der Waals surface area contributed by atoms with E-state index in [-0.39, 0.29) is 5.91 Å². The first kappa shape index (κ1) is 11.5. The normalized spacial score (nSPS) is 15.6. The van der Waals surface area contributed by atoms with Gasteiger partial charge in [0.15, 0.2) is 0 Å². The Kier molecular flexibility index (Phi) is 3.88. The highest BCUT2D eigenvalue weighted by atomic mass is 32.1. The first-order valence-electron chi connectivity index (χ1n) is 5.83. The molecule has 0 saturated heterocycles. The van der Waals surface area contributed by atoms with Crippen LogP contribution in [0.25, 0.3) is 0 Å². The molecule has 1 aliphatic carbocycles. The van der Waals surface area contributed by atoms with E-state index in [9.17, 15) is 4.79 Å². The van der Waals surface area contributed by atoms with Crippen molar-refractivity contribution in [3.63, 3.8) is 0 Å². The van der Waals surface area contributed by atoms with Crippen molar-refractivity contribution in [1.29, 1.82) is 0 Å².